The number of carbonyl (C=O) groups excluding carboxylic acids is 2. The minimum Gasteiger partial charge on any atom is -0.870 e. The quantitative estimate of drug-likeness (QED) is 0.152. The van der Waals surface area contributed by atoms with Crippen LogP contribution >= 0.6 is 0 Å². The molecule has 33 heavy (non-hydrogen) atoms. The fourth-order valence-corrected chi connectivity index (χ4v) is 3.45. The van der Waals surface area contributed by atoms with Crippen molar-refractivity contribution < 1.29 is 39.9 Å². The van der Waals surface area contributed by atoms with E-state index in [1.165, 1.54) is 83.5 Å². The fourth-order valence-electron chi connectivity index (χ4n) is 3.45. The molecule has 0 saturated heterocycles. The van der Waals surface area contributed by atoms with Crippen molar-refractivity contribution >= 4 is 35.0 Å². The van der Waals surface area contributed by atoms with Crippen LogP contribution in [-0.2, 0) is 14.3 Å². The SMILES string of the molecule is CCCCCCCCCCCCCCCCCC(=O)[O-].O=C1O[C@H]([C@@H](O)CO)C([O-])=C1O.[Mg+2]. The van der Waals surface area contributed by atoms with Gasteiger partial charge in [0.25, 0.3) is 0 Å². The number of carbonyl (C=O) groups is 2. The second kappa shape index (κ2) is 22.7. The summed E-state index contributed by atoms with van der Waals surface area (Å²) in [4.78, 5) is 20.7. The van der Waals surface area contributed by atoms with Crippen molar-refractivity contribution in [2.24, 2.45) is 0 Å². The summed E-state index contributed by atoms with van der Waals surface area (Å²) < 4.78 is 4.25. The van der Waals surface area contributed by atoms with Crippen molar-refractivity contribution in [1.82, 2.24) is 0 Å². The van der Waals surface area contributed by atoms with Gasteiger partial charge >= 0.3 is 29.0 Å². The van der Waals surface area contributed by atoms with E-state index in [0.29, 0.717) is 0 Å². The summed E-state index contributed by atoms with van der Waals surface area (Å²) >= 11 is 0. The van der Waals surface area contributed by atoms with Crippen LogP contribution in [-0.4, -0.2) is 69.1 Å². The molecule has 0 bridgehead atoms. The van der Waals surface area contributed by atoms with E-state index in [1.54, 1.807) is 0 Å². The van der Waals surface area contributed by atoms with E-state index in [-0.39, 0.29) is 29.5 Å². The Morgan fingerprint density at radius 2 is 1.30 bits per heavy atom. The molecule has 0 saturated carbocycles. The van der Waals surface area contributed by atoms with Crippen LogP contribution in [0.3, 0.4) is 0 Å². The van der Waals surface area contributed by atoms with Gasteiger partial charge in [-0.25, -0.2) is 4.79 Å². The van der Waals surface area contributed by atoms with Crippen LogP contribution in [0.1, 0.15) is 110 Å². The number of aliphatic hydroxyl groups is 3. The Bertz CT molecular complexity index is 539. The molecule has 0 amide bonds. The van der Waals surface area contributed by atoms with E-state index < -0.39 is 42.3 Å². The van der Waals surface area contributed by atoms with Gasteiger partial charge in [-0.2, -0.15) is 0 Å². The molecule has 3 N–H and O–H groups in total. The first-order valence-electron chi connectivity index (χ1n) is 12.1. The summed E-state index contributed by atoms with van der Waals surface area (Å²) in [5.74, 6) is -4.11. The molecule has 0 radical (unpaired) electrons. The molecule has 0 fully saturated rings. The van der Waals surface area contributed by atoms with Crippen LogP contribution < -0.4 is 10.2 Å². The predicted octanol–water partition coefficient (Wildman–Crippen LogP) is 2.01. The number of hydrogen-bond acceptors (Lipinski definition) is 8. The number of rotatable bonds is 18. The Hall–Kier alpha value is -1.03. The van der Waals surface area contributed by atoms with Gasteiger partial charge in [-0.3, -0.25) is 0 Å². The molecule has 0 aromatic rings. The molecule has 0 aromatic carbocycles. The van der Waals surface area contributed by atoms with Gasteiger partial charge in [0.2, 0.25) is 0 Å². The first-order valence-corrected chi connectivity index (χ1v) is 12.1. The van der Waals surface area contributed by atoms with Crippen LogP contribution in [0, 0.1) is 0 Å². The van der Waals surface area contributed by atoms with Crippen molar-refractivity contribution in [1.29, 1.82) is 0 Å². The van der Waals surface area contributed by atoms with Gasteiger partial charge in [-0.1, -0.05) is 96.8 Å². The van der Waals surface area contributed by atoms with Crippen LogP contribution in [0.5, 0.6) is 0 Å². The normalized spacial score (nSPS) is 16.0. The standard InChI is InChI=1S/C18H36O2.C6H8O6.Mg/c1-2-3-4-5-6-7-8-9-10-11-12-13-14-15-16-17-18(19)20;7-1-2(8)5-3(9)4(10)6(11)12-5;/h2-17H2,1H3,(H,19,20);2,5,7-10H,1H2;/q;;+2/p-2/t;2-,5+;/m.0./s1. The largest absolute Gasteiger partial charge is 2.00 e. The van der Waals surface area contributed by atoms with Gasteiger partial charge in [0.1, 0.15) is 12.2 Å². The van der Waals surface area contributed by atoms with Crippen LogP contribution in [0.2, 0.25) is 0 Å². The van der Waals surface area contributed by atoms with Crippen LogP contribution in [0.25, 0.3) is 0 Å². The third kappa shape index (κ3) is 18.0. The topological polar surface area (TPSA) is 150 Å². The van der Waals surface area contributed by atoms with Crippen molar-refractivity contribution in [3.63, 3.8) is 0 Å². The molecule has 1 rings (SSSR count). The van der Waals surface area contributed by atoms with E-state index in [0.717, 1.165) is 12.8 Å². The van der Waals surface area contributed by atoms with Crippen molar-refractivity contribution in [2.45, 2.75) is 122 Å². The number of ether oxygens (including phenoxy) is 1. The van der Waals surface area contributed by atoms with Gasteiger partial charge in [0.05, 0.1) is 6.61 Å². The van der Waals surface area contributed by atoms with Crippen molar-refractivity contribution in [3.8, 4) is 0 Å². The number of esters is 1. The number of aliphatic carboxylic acids is 1. The molecule has 0 aliphatic carbocycles. The van der Waals surface area contributed by atoms with Crippen LogP contribution in [0.15, 0.2) is 11.5 Å². The van der Waals surface area contributed by atoms with Gasteiger partial charge in [0, 0.05) is 5.97 Å². The Morgan fingerprint density at radius 1 is 0.909 bits per heavy atom. The number of carboxylic acids is 1. The Morgan fingerprint density at radius 3 is 1.61 bits per heavy atom. The Labute approximate surface area is 214 Å². The zero-order valence-corrected chi connectivity index (χ0v) is 21.7. The molecule has 9 heteroatoms. The third-order valence-corrected chi connectivity index (χ3v) is 5.44. The summed E-state index contributed by atoms with van der Waals surface area (Å²) in [6, 6.07) is 0. The molecular weight excluding hydrogens is 441 g/mol. The first kappa shape index (κ1) is 34.1. The number of aliphatic hydroxyl groups excluding tert-OH is 3. The summed E-state index contributed by atoms with van der Waals surface area (Å²) in [5.41, 5.74) is 0. The number of carboxylic acid groups (broad SMARTS) is 1. The molecule has 0 spiro atoms. The Kier molecular flexibility index (Phi) is 23.5. The number of unbranched alkanes of at least 4 members (excludes halogenated alkanes) is 14. The smallest absolute Gasteiger partial charge is 0.870 e. The summed E-state index contributed by atoms with van der Waals surface area (Å²) in [6.45, 7) is 1.56. The van der Waals surface area contributed by atoms with Crippen LogP contribution in [0.4, 0.5) is 0 Å². The minimum atomic E-state index is -1.48. The Balaban J connectivity index is 0. The van der Waals surface area contributed by atoms with E-state index in [9.17, 15) is 19.8 Å². The van der Waals surface area contributed by atoms with Crippen molar-refractivity contribution in [3.05, 3.63) is 11.5 Å². The molecule has 188 valence electrons. The zero-order valence-electron chi connectivity index (χ0n) is 20.3. The summed E-state index contributed by atoms with van der Waals surface area (Å²) in [6.07, 6.45) is 16.9. The second-order valence-electron chi connectivity index (χ2n) is 8.36. The number of hydrogen-bond donors (Lipinski definition) is 3. The second-order valence-corrected chi connectivity index (χ2v) is 8.36. The maximum absolute atomic E-state index is 10.8. The molecule has 8 nitrogen and oxygen atoms in total. The maximum Gasteiger partial charge on any atom is 2.00 e. The zero-order chi connectivity index (χ0) is 24.2. The van der Waals surface area contributed by atoms with Gasteiger partial charge < -0.3 is 35.1 Å². The van der Waals surface area contributed by atoms with Gasteiger partial charge in [-0.15, -0.1) is 0 Å². The number of cyclic esters (lactones) is 1. The average Bonchev–Trinajstić information content (AvgIpc) is 3.03. The van der Waals surface area contributed by atoms with E-state index in [4.69, 9.17) is 15.3 Å². The molecule has 2 atom stereocenters. The van der Waals surface area contributed by atoms with Crippen molar-refractivity contribution in [2.75, 3.05) is 6.61 Å². The average molecular weight is 483 g/mol. The monoisotopic (exact) mass is 482 g/mol. The summed E-state index contributed by atoms with van der Waals surface area (Å²) in [7, 11) is 0. The maximum atomic E-state index is 10.8. The summed E-state index contributed by atoms with van der Waals surface area (Å²) in [5, 5.41) is 47.0. The third-order valence-electron chi connectivity index (χ3n) is 5.44. The fraction of sp³-hybridized carbons (Fsp3) is 0.833. The first-order chi connectivity index (χ1) is 15.3. The molecular formula is C24H42MgO8. The minimum absolute atomic E-state index is 0. The molecule has 0 unspecified atom stereocenters. The van der Waals surface area contributed by atoms with Gasteiger partial charge in [-0.05, 0) is 18.6 Å². The molecule has 0 aromatic heterocycles. The predicted molar refractivity (Wildman–Crippen MR) is 123 cm³/mol. The van der Waals surface area contributed by atoms with Gasteiger partial charge in [0.15, 0.2) is 5.76 Å². The van der Waals surface area contributed by atoms with E-state index >= 15 is 0 Å². The van der Waals surface area contributed by atoms with E-state index in [1.807, 2.05) is 0 Å². The molecule has 1 aliphatic heterocycles. The molecule has 1 heterocycles. The molecule has 1 aliphatic rings. The van der Waals surface area contributed by atoms with E-state index in [2.05, 4.69) is 11.7 Å².